The maximum atomic E-state index is 9.18. The Balaban J connectivity index is 2.12. The number of benzene rings is 1. The molecule has 0 aliphatic carbocycles. The highest BCUT2D eigenvalue weighted by atomic mass is 15.1. The number of para-hydroxylation sites is 1. The summed E-state index contributed by atoms with van der Waals surface area (Å²) in [7, 11) is 2.00. The zero-order valence-electron chi connectivity index (χ0n) is 12.5. The van der Waals surface area contributed by atoms with Crippen molar-refractivity contribution in [2.75, 3.05) is 23.8 Å². The van der Waals surface area contributed by atoms with Crippen LogP contribution in [0, 0.1) is 11.3 Å². The molecule has 0 saturated heterocycles. The second-order valence-corrected chi connectivity index (χ2v) is 4.96. The third-order valence-electron chi connectivity index (χ3n) is 3.24. The Morgan fingerprint density at radius 3 is 2.86 bits per heavy atom. The number of hydrogen-bond donors (Lipinski definition) is 1. The molecule has 1 heterocycles. The number of pyridine rings is 1. The van der Waals surface area contributed by atoms with Gasteiger partial charge in [-0.15, -0.1) is 0 Å². The summed E-state index contributed by atoms with van der Waals surface area (Å²) in [6.07, 6.45) is 2.89. The van der Waals surface area contributed by atoms with Crippen molar-refractivity contribution in [3.05, 3.63) is 53.7 Å². The Morgan fingerprint density at radius 2 is 2.10 bits per heavy atom. The van der Waals surface area contributed by atoms with Gasteiger partial charge < -0.3 is 10.2 Å². The van der Waals surface area contributed by atoms with Gasteiger partial charge in [-0.3, -0.25) is 0 Å². The fraction of sp³-hybridized carbons (Fsp3) is 0.294. The molecule has 0 amide bonds. The van der Waals surface area contributed by atoms with Crippen molar-refractivity contribution in [1.82, 2.24) is 4.98 Å². The third-order valence-corrected chi connectivity index (χ3v) is 3.24. The Bertz CT molecular complexity index is 631. The summed E-state index contributed by atoms with van der Waals surface area (Å²) >= 11 is 0. The SMILES string of the molecule is CCCNc1cc(CN(C)c2ccccc2C#N)ccn1. The first-order valence-electron chi connectivity index (χ1n) is 7.13. The average molecular weight is 280 g/mol. The predicted octanol–water partition coefficient (Wildman–Crippen LogP) is 3.41. The van der Waals surface area contributed by atoms with E-state index in [0.717, 1.165) is 31.0 Å². The summed E-state index contributed by atoms with van der Waals surface area (Å²) in [5, 5.41) is 12.5. The molecule has 4 nitrogen and oxygen atoms in total. The van der Waals surface area contributed by atoms with Crippen LogP contribution in [0.2, 0.25) is 0 Å². The van der Waals surface area contributed by atoms with Gasteiger partial charge in [-0.1, -0.05) is 19.1 Å². The molecule has 108 valence electrons. The topological polar surface area (TPSA) is 52.0 Å². The maximum absolute atomic E-state index is 9.18. The van der Waals surface area contributed by atoms with Gasteiger partial charge in [0.2, 0.25) is 0 Å². The molecule has 0 aliphatic rings. The van der Waals surface area contributed by atoms with Crippen LogP contribution in [0.4, 0.5) is 11.5 Å². The lowest BCUT2D eigenvalue weighted by Crippen LogP contribution is -2.17. The first-order chi connectivity index (χ1) is 10.2. The van der Waals surface area contributed by atoms with Crippen LogP contribution < -0.4 is 10.2 Å². The van der Waals surface area contributed by atoms with E-state index < -0.39 is 0 Å². The lowest BCUT2D eigenvalue weighted by Gasteiger charge is -2.20. The summed E-state index contributed by atoms with van der Waals surface area (Å²) in [6, 6.07) is 13.9. The normalized spacial score (nSPS) is 9.95. The molecule has 1 aromatic heterocycles. The molecule has 0 fully saturated rings. The van der Waals surface area contributed by atoms with E-state index in [4.69, 9.17) is 0 Å². The fourth-order valence-electron chi connectivity index (χ4n) is 2.18. The zero-order chi connectivity index (χ0) is 15.1. The van der Waals surface area contributed by atoms with Crippen molar-refractivity contribution in [3.63, 3.8) is 0 Å². The number of nitrogens with zero attached hydrogens (tertiary/aromatic N) is 3. The van der Waals surface area contributed by atoms with Crippen LogP contribution in [0.25, 0.3) is 0 Å². The van der Waals surface area contributed by atoms with E-state index in [1.165, 1.54) is 5.56 Å². The van der Waals surface area contributed by atoms with Gasteiger partial charge in [0.25, 0.3) is 0 Å². The molecule has 2 aromatic rings. The summed E-state index contributed by atoms with van der Waals surface area (Å²) in [6.45, 7) is 3.79. The Kier molecular flexibility index (Phi) is 5.16. The fourth-order valence-corrected chi connectivity index (χ4v) is 2.18. The van der Waals surface area contributed by atoms with E-state index in [1.54, 1.807) is 0 Å². The third kappa shape index (κ3) is 3.96. The molecule has 1 aromatic carbocycles. The molecule has 2 rings (SSSR count). The number of anilines is 2. The average Bonchev–Trinajstić information content (AvgIpc) is 2.53. The molecule has 1 N–H and O–H groups in total. The zero-order valence-corrected chi connectivity index (χ0v) is 12.5. The standard InChI is InChI=1S/C17H20N4/c1-3-9-19-17-11-14(8-10-20-17)13-21(2)16-7-5-4-6-15(16)12-18/h4-8,10-11H,3,9,13H2,1-2H3,(H,19,20). The molecule has 0 radical (unpaired) electrons. The molecule has 21 heavy (non-hydrogen) atoms. The van der Waals surface area contributed by atoms with Crippen LogP contribution in [-0.4, -0.2) is 18.6 Å². The molecular weight excluding hydrogens is 260 g/mol. The lowest BCUT2D eigenvalue weighted by molar-refractivity contribution is 0.914. The number of nitriles is 1. The van der Waals surface area contributed by atoms with Crippen molar-refractivity contribution in [2.24, 2.45) is 0 Å². The minimum atomic E-state index is 0.693. The molecule has 4 heteroatoms. The van der Waals surface area contributed by atoms with E-state index in [2.05, 4.69) is 34.3 Å². The molecule has 0 atom stereocenters. The van der Waals surface area contributed by atoms with E-state index in [1.807, 2.05) is 43.6 Å². The van der Waals surface area contributed by atoms with Crippen LogP contribution in [0.1, 0.15) is 24.5 Å². The highest BCUT2D eigenvalue weighted by Crippen LogP contribution is 2.20. The first kappa shape index (κ1) is 14.9. The van der Waals surface area contributed by atoms with Gasteiger partial charge in [-0.05, 0) is 36.2 Å². The van der Waals surface area contributed by atoms with Gasteiger partial charge >= 0.3 is 0 Å². The van der Waals surface area contributed by atoms with Crippen LogP contribution in [0.15, 0.2) is 42.6 Å². The highest BCUT2D eigenvalue weighted by Gasteiger charge is 2.07. The Labute approximate surface area is 126 Å². The first-order valence-corrected chi connectivity index (χ1v) is 7.13. The van der Waals surface area contributed by atoms with Crippen LogP contribution in [0.5, 0.6) is 0 Å². The summed E-state index contributed by atoms with van der Waals surface area (Å²) in [5.41, 5.74) is 2.80. The van der Waals surface area contributed by atoms with E-state index in [9.17, 15) is 5.26 Å². The summed E-state index contributed by atoms with van der Waals surface area (Å²) < 4.78 is 0. The van der Waals surface area contributed by atoms with Gasteiger partial charge in [-0.2, -0.15) is 5.26 Å². The molecule has 0 bridgehead atoms. The van der Waals surface area contributed by atoms with Crippen molar-refractivity contribution in [1.29, 1.82) is 5.26 Å². The Hall–Kier alpha value is -2.54. The number of rotatable bonds is 6. The van der Waals surface area contributed by atoms with Crippen LogP contribution in [0.3, 0.4) is 0 Å². The van der Waals surface area contributed by atoms with Gasteiger partial charge in [0, 0.05) is 26.3 Å². The molecular formula is C17H20N4. The lowest BCUT2D eigenvalue weighted by atomic mass is 10.1. The molecule has 0 spiro atoms. The van der Waals surface area contributed by atoms with E-state index >= 15 is 0 Å². The predicted molar refractivity (Wildman–Crippen MR) is 86.3 cm³/mol. The van der Waals surface area contributed by atoms with Gasteiger partial charge in [0.05, 0.1) is 11.3 Å². The van der Waals surface area contributed by atoms with Crippen molar-refractivity contribution < 1.29 is 0 Å². The maximum Gasteiger partial charge on any atom is 0.126 e. The quantitative estimate of drug-likeness (QED) is 0.881. The number of nitrogens with one attached hydrogen (secondary N) is 1. The molecule has 0 saturated carbocycles. The minimum Gasteiger partial charge on any atom is -0.370 e. The second-order valence-electron chi connectivity index (χ2n) is 4.96. The number of aromatic nitrogens is 1. The second kappa shape index (κ2) is 7.30. The Morgan fingerprint density at radius 1 is 1.29 bits per heavy atom. The summed E-state index contributed by atoms with van der Waals surface area (Å²) in [5.74, 6) is 0.899. The largest absolute Gasteiger partial charge is 0.370 e. The molecule has 0 unspecified atom stereocenters. The van der Waals surface area contributed by atoms with Crippen molar-refractivity contribution in [3.8, 4) is 6.07 Å². The van der Waals surface area contributed by atoms with Gasteiger partial charge in [0.1, 0.15) is 11.9 Å². The van der Waals surface area contributed by atoms with Gasteiger partial charge in [-0.25, -0.2) is 4.98 Å². The summed E-state index contributed by atoms with van der Waals surface area (Å²) in [4.78, 5) is 6.39. The molecule has 0 aliphatic heterocycles. The van der Waals surface area contributed by atoms with E-state index in [0.29, 0.717) is 5.56 Å². The van der Waals surface area contributed by atoms with Crippen LogP contribution >= 0.6 is 0 Å². The number of hydrogen-bond acceptors (Lipinski definition) is 4. The highest BCUT2D eigenvalue weighted by molar-refractivity contribution is 5.59. The van der Waals surface area contributed by atoms with Crippen LogP contribution in [-0.2, 0) is 6.54 Å². The van der Waals surface area contributed by atoms with Gasteiger partial charge in [0.15, 0.2) is 0 Å². The smallest absolute Gasteiger partial charge is 0.126 e. The monoisotopic (exact) mass is 280 g/mol. The van der Waals surface area contributed by atoms with Crippen molar-refractivity contribution in [2.45, 2.75) is 19.9 Å². The minimum absolute atomic E-state index is 0.693. The van der Waals surface area contributed by atoms with E-state index in [-0.39, 0.29) is 0 Å². The van der Waals surface area contributed by atoms with Crippen molar-refractivity contribution >= 4 is 11.5 Å².